The van der Waals surface area contributed by atoms with Crippen molar-refractivity contribution in [2.75, 3.05) is 5.32 Å². The molecule has 1 aromatic rings. The quantitative estimate of drug-likeness (QED) is 0.845. The molecule has 1 aromatic carbocycles. The third kappa shape index (κ3) is 3.46. The Labute approximate surface area is 107 Å². The van der Waals surface area contributed by atoms with Gasteiger partial charge in [-0.05, 0) is 24.1 Å². The molecule has 0 aliphatic rings. The zero-order chi connectivity index (χ0) is 12.3. The minimum Gasteiger partial charge on any atom is -0.323 e. The molecule has 1 amide bonds. The van der Waals surface area contributed by atoms with E-state index in [9.17, 15) is 9.18 Å². The number of carbonyl (C=O) groups is 1. The van der Waals surface area contributed by atoms with E-state index in [0.717, 1.165) is 0 Å². The fourth-order valence-corrected chi connectivity index (χ4v) is 1.38. The maximum absolute atomic E-state index is 13.3. The molecule has 0 saturated carbocycles. The van der Waals surface area contributed by atoms with Crippen molar-refractivity contribution in [1.82, 2.24) is 0 Å². The fourth-order valence-electron chi connectivity index (χ4n) is 1.10. The number of hydrogen-bond acceptors (Lipinski definition) is 1. The Bertz CT molecular complexity index is 398. The molecule has 1 rings (SSSR count). The molecule has 0 aromatic heterocycles. The summed E-state index contributed by atoms with van der Waals surface area (Å²) in [5, 5.41) is 2.87. The van der Waals surface area contributed by atoms with Crippen molar-refractivity contribution < 1.29 is 9.18 Å². The van der Waals surface area contributed by atoms with Crippen LogP contribution in [-0.4, -0.2) is 10.7 Å². The first kappa shape index (κ1) is 13.5. The standard InChI is InChI=1S/C11H12BrClFNO/c1-6(2)10(12)11(16)15-9-5-7(13)3-4-8(9)14/h3-6,10H,1-2H3,(H,15,16). The predicted molar refractivity (Wildman–Crippen MR) is 67.6 cm³/mol. The summed E-state index contributed by atoms with van der Waals surface area (Å²) in [6.07, 6.45) is 0. The molecule has 16 heavy (non-hydrogen) atoms. The highest BCUT2D eigenvalue weighted by Crippen LogP contribution is 2.21. The highest BCUT2D eigenvalue weighted by Gasteiger charge is 2.19. The van der Waals surface area contributed by atoms with Gasteiger partial charge in [0.15, 0.2) is 0 Å². The highest BCUT2D eigenvalue weighted by atomic mass is 79.9. The lowest BCUT2D eigenvalue weighted by atomic mass is 10.1. The predicted octanol–water partition coefficient (Wildman–Crippen LogP) is 3.84. The van der Waals surface area contributed by atoms with Crippen molar-refractivity contribution in [2.45, 2.75) is 18.7 Å². The van der Waals surface area contributed by atoms with Gasteiger partial charge in [-0.3, -0.25) is 4.79 Å². The van der Waals surface area contributed by atoms with Crippen LogP contribution >= 0.6 is 27.5 Å². The van der Waals surface area contributed by atoms with E-state index >= 15 is 0 Å². The Morgan fingerprint density at radius 2 is 2.12 bits per heavy atom. The summed E-state index contributed by atoms with van der Waals surface area (Å²) in [6, 6.07) is 4.03. The zero-order valence-corrected chi connectivity index (χ0v) is 11.3. The monoisotopic (exact) mass is 307 g/mol. The van der Waals surface area contributed by atoms with Crippen LogP contribution in [0.3, 0.4) is 0 Å². The molecule has 0 fully saturated rings. The van der Waals surface area contributed by atoms with Gasteiger partial charge in [0.05, 0.1) is 10.5 Å². The van der Waals surface area contributed by atoms with Crippen LogP contribution in [0.4, 0.5) is 10.1 Å². The van der Waals surface area contributed by atoms with Gasteiger partial charge in [-0.1, -0.05) is 41.4 Å². The molecule has 1 N–H and O–H groups in total. The van der Waals surface area contributed by atoms with Gasteiger partial charge in [0, 0.05) is 5.02 Å². The first-order valence-electron chi connectivity index (χ1n) is 4.82. The van der Waals surface area contributed by atoms with Crippen LogP contribution in [0.25, 0.3) is 0 Å². The Hall–Kier alpha value is -0.610. The van der Waals surface area contributed by atoms with Gasteiger partial charge in [-0.15, -0.1) is 0 Å². The Morgan fingerprint density at radius 3 is 2.69 bits per heavy atom. The van der Waals surface area contributed by atoms with Gasteiger partial charge in [0.1, 0.15) is 5.82 Å². The Balaban J connectivity index is 2.80. The van der Waals surface area contributed by atoms with Crippen LogP contribution in [0.2, 0.25) is 5.02 Å². The lowest BCUT2D eigenvalue weighted by molar-refractivity contribution is -0.116. The van der Waals surface area contributed by atoms with Crippen molar-refractivity contribution >= 4 is 39.1 Å². The number of benzene rings is 1. The zero-order valence-electron chi connectivity index (χ0n) is 8.93. The average molecular weight is 309 g/mol. The van der Waals surface area contributed by atoms with Crippen molar-refractivity contribution in [3.63, 3.8) is 0 Å². The molecule has 5 heteroatoms. The molecule has 0 bridgehead atoms. The number of anilines is 1. The summed E-state index contributed by atoms with van der Waals surface area (Å²) in [4.78, 5) is 11.3. The van der Waals surface area contributed by atoms with E-state index in [2.05, 4.69) is 21.2 Å². The summed E-state index contributed by atoms with van der Waals surface area (Å²) >= 11 is 8.95. The molecule has 88 valence electrons. The second-order valence-electron chi connectivity index (χ2n) is 3.76. The number of halogens is 3. The lowest BCUT2D eigenvalue weighted by Gasteiger charge is -2.14. The SMILES string of the molecule is CC(C)C(Br)C(=O)Nc1cc(Cl)ccc1F. The van der Waals surface area contributed by atoms with Crippen molar-refractivity contribution in [3.05, 3.63) is 29.0 Å². The van der Waals surface area contributed by atoms with Crippen LogP contribution in [0.5, 0.6) is 0 Å². The molecule has 2 nitrogen and oxygen atoms in total. The largest absolute Gasteiger partial charge is 0.323 e. The highest BCUT2D eigenvalue weighted by molar-refractivity contribution is 9.10. The van der Waals surface area contributed by atoms with Gasteiger partial charge in [0.2, 0.25) is 5.91 Å². The molecule has 1 unspecified atom stereocenters. The van der Waals surface area contributed by atoms with Crippen molar-refractivity contribution in [3.8, 4) is 0 Å². The number of rotatable bonds is 3. The van der Waals surface area contributed by atoms with Crippen molar-refractivity contribution in [1.29, 1.82) is 0 Å². The van der Waals surface area contributed by atoms with Crippen LogP contribution in [0.15, 0.2) is 18.2 Å². The molecular formula is C11H12BrClFNO. The average Bonchev–Trinajstić information content (AvgIpc) is 2.22. The summed E-state index contributed by atoms with van der Waals surface area (Å²) in [6.45, 7) is 3.79. The Kier molecular flexibility index (Phi) is 4.74. The maximum atomic E-state index is 13.3. The fraction of sp³-hybridized carbons (Fsp3) is 0.364. The third-order valence-electron chi connectivity index (χ3n) is 2.02. The van der Waals surface area contributed by atoms with E-state index in [1.807, 2.05) is 13.8 Å². The molecule has 0 aliphatic heterocycles. The van der Waals surface area contributed by atoms with Gasteiger partial charge >= 0.3 is 0 Å². The second kappa shape index (κ2) is 5.64. The van der Waals surface area contributed by atoms with Crippen LogP contribution in [0.1, 0.15) is 13.8 Å². The first-order valence-corrected chi connectivity index (χ1v) is 6.11. The molecular weight excluding hydrogens is 296 g/mol. The lowest BCUT2D eigenvalue weighted by Crippen LogP contribution is -2.27. The van der Waals surface area contributed by atoms with E-state index in [1.165, 1.54) is 18.2 Å². The smallest absolute Gasteiger partial charge is 0.238 e. The maximum Gasteiger partial charge on any atom is 0.238 e. The molecule has 0 saturated heterocycles. The molecule has 0 spiro atoms. The normalized spacial score (nSPS) is 12.6. The van der Waals surface area contributed by atoms with Gasteiger partial charge < -0.3 is 5.32 Å². The molecule has 0 aliphatic carbocycles. The van der Waals surface area contributed by atoms with Crippen LogP contribution in [-0.2, 0) is 4.79 Å². The third-order valence-corrected chi connectivity index (χ3v) is 3.73. The summed E-state index contributed by atoms with van der Waals surface area (Å²) < 4.78 is 13.3. The number of carbonyl (C=O) groups excluding carboxylic acids is 1. The molecule has 0 radical (unpaired) electrons. The van der Waals surface area contributed by atoms with E-state index < -0.39 is 5.82 Å². The van der Waals surface area contributed by atoms with Crippen LogP contribution < -0.4 is 5.32 Å². The van der Waals surface area contributed by atoms with E-state index in [0.29, 0.717) is 5.02 Å². The van der Waals surface area contributed by atoms with Gasteiger partial charge in [-0.2, -0.15) is 0 Å². The molecule has 0 heterocycles. The van der Waals surface area contributed by atoms with E-state index in [-0.39, 0.29) is 22.3 Å². The van der Waals surface area contributed by atoms with Gasteiger partial charge in [0.25, 0.3) is 0 Å². The summed E-state index contributed by atoms with van der Waals surface area (Å²) in [5.41, 5.74) is 0.0996. The topological polar surface area (TPSA) is 29.1 Å². The minimum absolute atomic E-state index is 0.0996. The van der Waals surface area contributed by atoms with Gasteiger partial charge in [-0.25, -0.2) is 4.39 Å². The first-order chi connectivity index (χ1) is 7.41. The van der Waals surface area contributed by atoms with Crippen LogP contribution in [0, 0.1) is 11.7 Å². The molecule has 1 atom stereocenters. The summed E-state index contributed by atoms with van der Waals surface area (Å²) in [5.74, 6) is -0.653. The second-order valence-corrected chi connectivity index (χ2v) is 5.18. The number of amides is 1. The van der Waals surface area contributed by atoms with Crippen molar-refractivity contribution in [2.24, 2.45) is 5.92 Å². The number of hydrogen-bond donors (Lipinski definition) is 1. The van der Waals surface area contributed by atoms with E-state index in [4.69, 9.17) is 11.6 Å². The number of nitrogens with one attached hydrogen (secondary N) is 1. The Morgan fingerprint density at radius 1 is 1.50 bits per heavy atom. The van der Waals surface area contributed by atoms with E-state index in [1.54, 1.807) is 0 Å². The number of alkyl halides is 1. The summed E-state index contributed by atoms with van der Waals surface area (Å²) in [7, 11) is 0. The minimum atomic E-state index is -0.499.